The summed E-state index contributed by atoms with van der Waals surface area (Å²) in [7, 11) is 0. The van der Waals surface area contributed by atoms with E-state index in [-0.39, 0.29) is 11.9 Å². The Kier molecular flexibility index (Phi) is 5.87. The SMILES string of the molecule is CCN1C(=O)c2nc(-c3ccc(-c4ccccc4)cc3)n(Cc3ccccc3)c2N2C[C@@H](C(C)C)N=C12. The molecule has 4 aromatic rings. The predicted molar refractivity (Wildman–Crippen MR) is 149 cm³/mol. The van der Waals surface area contributed by atoms with Crippen LogP contribution in [-0.2, 0) is 6.54 Å². The minimum Gasteiger partial charge on any atom is -0.305 e. The van der Waals surface area contributed by atoms with E-state index in [2.05, 4.69) is 96.1 Å². The highest BCUT2D eigenvalue weighted by atomic mass is 16.2. The summed E-state index contributed by atoms with van der Waals surface area (Å²) in [5.74, 6) is 2.70. The Balaban J connectivity index is 1.50. The molecule has 0 saturated carbocycles. The molecule has 1 amide bonds. The molecule has 1 aromatic heterocycles. The van der Waals surface area contributed by atoms with E-state index in [1.165, 1.54) is 5.56 Å². The van der Waals surface area contributed by atoms with E-state index in [9.17, 15) is 4.79 Å². The van der Waals surface area contributed by atoms with Crippen LogP contribution in [0, 0.1) is 5.92 Å². The van der Waals surface area contributed by atoms with Gasteiger partial charge in [-0.3, -0.25) is 14.6 Å². The Morgan fingerprint density at radius 1 is 0.865 bits per heavy atom. The molecule has 6 nitrogen and oxygen atoms in total. The second-order valence-electron chi connectivity index (χ2n) is 10.0. The van der Waals surface area contributed by atoms with Crippen molar-refractivity contribution in [1.82, 2.24) is 14.5 Å². The average Bonchev–Trinajstić information content (AvgIpc) is 3.53. The van der Waals surface area contributed by atoms with Crippen LogP contribution in [-0.4, -0.2) is 45.4 Å². The number of nitrogens with zero attached hydrogens (tertiary/aromatic N) is 5. The van der Waals surface area contributed by atoms with E-state index in [0.29, 0.717) is 24.7 Å². The van der Waals surface area contributed by atoms with Crippen LogP contribution in [0.4, 0.5) is 5.82 Å². The van der Waals surface area contributed by atoms with Crippen LogP contribution in [0.15, 0.2) is 89.9 Å². The molecule has 0 spiro atoms. The highest BCUT2D eigenvalue weighted by Crippen LogP contribution is 2.38. The first-order chi connectivity index (χ1) is 18.0. The Morgan fingerprint density at radius 3 is 2.14 bits per heavy atom. The number of carbonyl (C=O) groups excluding carboxylic acids is 1. The minimum atomic E-state index is -0.0779. The molecule has 0 N–H and O–H groups in total. The number of aliphatic imine (C=N–C) groups is 1. The fourth-order valence-corrected chi connectivity index (χ4v) is 5.23. The minimum absolute atomic E-state index is 0.0779. The van der Waals surface area contributed by atoms with Crippen LogP contribution in [0.1, 0.15) is 36.8 Å². The molecular formula is C31H31N5O. The van der Waals surface area contributed by atoms with Crippen molar-refractivity contribution in [1.29, 1.82) is 0 Å². The largest absolute Gasteiger partial charge is 0.305 e. The molecular weight excluding hydrogens is 458 g/mol. The number of rotatable bonds is 6. The Hall–Kier alpha value is -4.19. The number of carbonyl (C=O) groups is 1. The van der Waals surface area contributed by atoms with Crippen molar-refractivity contribution in [2.24, 2.45) is 10.9 Å². The molecule has 6 rings (SSSR count). The summed E-state index contributed by atoms with van der Waals surface area (Å²) in [4.78, 5) is 27.7. The van der Waals surface area contributed by atoms with Crippen molar-refractivity contribution in [2.45, 2.75) is 33.4 Å². The lowest BCUT2D eigenvalue weighted by Gasteiger charge is -2.33. The lowest BCUT2D eigenvalue weighted by Crippen LogP contribution is -2.50. The summed E-state index contributed by atoms with van der Waals surface area (Å²) in [6.07, 6.45) is 0. The molecule has 0 bridgehead atoms. The smallest absolute Gasteiger partial charge is 0.283 e. The number of imidazole rings is 1. The lowest BCUT2D eigenvalue weighted by molar-refractivity contribution is 0.0841. The van der Waals surface area contributed by atoms with Crippen molar-refractivity contribution in [2.75, 3.05) is 18.0 Å². The van der Waals surface area contributed by atoms with Gasteiger partial charge in [0.05, 0.1) is 19.1 Å². The normalized spacial score (nSPS) is 16.7. The number of guanidine groups is 1. The molecule has 2 aliphatic rings. The van der Waals surface area contributed by atoms with E-state index < -0.39 is 0 Å². The number of aromatic nitrogens is 2. The van der Waals surface area contributed by atoms with Gasteiger partial charge in [-0.25, -0.2) is 9.98 Å². The molecule has 186 valence electrons. The van der Waals surface area contributed by atoms with Crippen LogP contribution in [0.2, 0.25) is 0 Å². The molecule has 6 heteroatoms. The van der Waals surface area contributed by atoms with Crippen LogP contribution in [0.3, 0.4) is 0 Å². The van der Waals surface area contributed by atoms with Gasteiger partial charge in [0.25, 0.3) is 5.91 Å². The third kappa shape index (κ3) is 4.02. The van der Waals surface area contributed by atoms with Crippen LogP contribution in [0.25, 0.3) is 22.5 Å². The maximum absolute atomic E-state index is 13.7. The van der Waals surface area contributed by atoms with E-state index in [1.807, 2.05) is 19.1 Å². The molecule has 37 heavy (non-hydrogen) atoms. The zero-order valence-electron chi connectivity index (χ0n) is 21.5. The highest BCUT2D eigenvalue weighted by molar-refractivity contribution is 6.18. The molecule has 3 aromatic carbocycles. The quantitative estimate of drug-likeness (QED) is 0.337. The monoisotopic (exact) mass is 489 g/mol. The van der Waals surface area contributed by atoms with Gasteiger partial charge in [0.2, 0.25) is 5.96 Å². The summed E-state index contributed by atoms with van der Waals surface area (Å²) >= 11 is 0. The Bertz CT molecular complexity index is 1450. The molecule has 0 fully saturated rings. The Morgan fingerprint density at radius 2 is 1.49 bits per heavy atom. The number of hydrogen-bond donors (Lipinski definition) is 0. The molecule has 2 aliphatic heterocycles. The van der Waals surface area contributed by atoms with Crippen LogP contribution >= 0.6 is 0 Å². The number of fused-ring (bicyclic) bond motifs is 3. The topological polar surface area (TPSA) is 53.7 Å². The first-order valence-electron chi connectivity index (χ1n) is 13.0. The summed E-state index contributed by atoms with van der Waals surface area (Å²) in [6, 6.07) is 29.3. The number of amides is 1. The first kappa shape index (κ1) is 23.2. The Labute approximate surface area is 217 Å². The van der Waals surface area contributed by atoms with Crippen molar-refractivity contribution in [3.63, 3.8) is 0 Å². The molecule has 1 atom stereocenters. The lowest BCUT2D eigenvalue weighted by atomic mass is 10.0. The summed E-state index contributed by atoms with van der Waals surface area (Å²) in [6.45, 7) is 8.30. The number of anilines is 1. The summed E-state index contributed by atoms with van der Waals surface area (Å²) < 4.78 is 2.20. The second-order valence-corrected chi connectivity index (χ2v) is 10.0. The maximum Gasteiger partial charge on any atom is 0.283 e. The van der Waals surface area contributed by atoms with Gasteiger partial charge in [-0.2, -0.15) is 0 Å². The molecule has 0 saturated heterocycles. The van der Waals surface area contributed by atoms with Gasteiger partial charge in [-0.15, -0.1) is 0 Å². The zero-order chi connectivity index (χ0) is 25.5. The zero-order valence-corrected chi connectivity index (χ0v) is 21.5. The highest BCUT2D eigenvalue weighted by Gasteiger charge is 2.44. The average molecular weight is 490 g/mol. The third-order valence-electron chi connectivity index (χ3n) is 7.30. The van der Waals surface area contributed by atoms with Gasteiger partial charge in [-0.05, 0) is 29.5 Å². The van der Waals surface area contributed by atoms with E-state index >= 15 is 0 Å². The van der Waals surface area contributed by atoms with Crippen molar-refractivity contribution in [3.05, 3.63) is 96.2 Å². The van der Waals surface area contributed by atoms with Crippen molar-refractivity contribution >= 4 is 17.7 Å². The van der Waals surface area contributed by atoms with Crippen molar-refractivity contribution < 1.29 is 4.79 Å². The van der Waals surface area contributed by atoms with E-state index in [1.54, 1.807) is 4.90 Å². The van der Waals surface area contributed by atoms with E-state index in [0.717, 1.165) is 40.8 Å². The fourth-order valence-electron chi connectivity index (χ4n) is 5.23. The predicted octanol–water partition coefficient (Wildman–Crippen LogP) is 5.94. The molecule has 3 heterocycles. The fraction of sp³-hybridized carbons (Fsp3) is 0.258. The van der Waals surface area contributed by atoms with Gasteiger partial charge >= 0.3 is 0 Å². The van der Waals surface area contributed by atoms with Crippen LogP contribution < -0.4 is 4.90 Å². The maximum atomic E-state index is 13.7. The van der Waals surface area contributed by atoms with Gasteiger partial charge in [0.1, 0.15) is 11.6 Å². The standard InChI is InChI=1S/C31H31N5O/c1-4-34-30(37)27-29(36-20-26(21(2)3)32-31(34)36)35(19-22-11-7-5-8-12-22)28(33-27)25-17-15-24(16-18-25)23-13-9-6-10-14-23/h5-18,21,26H,4,19-20H2,1-3H3/t26-/m0/s1. The molecule has 0 unspecified atom stereocenters. The molecule has 0 aliphatic carbocycles. The third-order valence-corrected chi connectivity index (χ3v) is 7.30. The van der Waals surface area contributed by atoms with Crippen molar-refractivity contribution in [3.8, 4) is 22.5 Å². The number of hydrogen-bond acceptors (Lipinski definition) is 4. The summed E-state index contributed by atoms with van der Waals surface area (Å²) in [5, 5.41) is 0. The van der Waals surface area contributed by atoms with Gasteiger partial charge in [0.15, 0.2) is 5.69 Å². The molecule has 0 radical (unpaired) electrons. The second kappa shape index (κ2) is 9.36. The number of benzene rings is 3. The van der Waals surface area contributed by atoms with Crippen LogP contribution in [0.5, 0.6) is 0 Å². The summed E-state index contributed by atoms with van der Waals surface area (Å²) in [5.41, 5.74) is 4.97. The van der Waals surface area contributed by atoms with Gasteiger partial charge in [0, 0.05) is 12.1 Å². The first-order valence-corrected chi connectivity index (χ1v) is 13.0. The van der Waals surface area contributed by atoms with Gasteiger partial charge < -0.3 is 4.57 Å². The van der Waals surface area contributed by atoms with E-state index in [4.69, 9.17) is 9.98 Å². The van der Waals surface area contributed by atoms with Gasteiger partial charge in [-0.1, -0.05) is 98.8 Å².